The van der Waals surface area contributed by atoms with Gasteiger partial charge in [0.1, 0.15) is 5.75 Å². The van der Waals surface area contributed by atoms with E-state index in [1.165, 1.54) is 5.56 Å². The van der Waals surface area contributed by atoms with Crippen LogP contribution in [0.2, 0.25) is 0 Å². The Morgan fingerprint density at radius 3 is 2.25 bits per heavy atom. The lowest BCUT2D eigenvalue weighted by Crippen LogP contribution is -2.28. The van der Waals surface area contributed by atoms with Crippen LogP contribution < -0.4 is 10.1 Å². The molecule has 2 nitrogen and oxygen atoms in total. The van der Waals surface area contributed by atoms with Gasteiger partial charge in [0.2, 0.25) is 0 Å². The predicted molar refractivity (Wildman–Crippen MR) is 69.0 cm³/mol. The van der Waals surface area contributed by atoms with E-state index in [0.717, 1.165) is 18.7 Å². The van der Waals surface area contributed by atoms with Gasteiger partial charge in [-0.3, -0.25) is 0 Å². The molecule has 90 valence electrons. The van der Waals surface area contributed by atoms with Gasteiger partial charge in [-0.1, -0.05) is 32.9 Å². The lowest BCUT2D eigenvalue weighted by molar-refractivity contribution is 0.414. The van der Waals surface area contributed by atoms with Gasteiger partial charge in [0, 0.05) is 6.04 Å². The summed E-state index contributed by atoms with van der Waals surface area (Å²) in [7, 11) is 1.70. The van der Waals surface area contributed by atoms with Crippen molar-refractivity contribution < 1.29 is 4.74 Å². The molecular formula is C14H23NO. The normalized spacial score (nSPS) is 12.8. The highest BCUT2D eigenvalue weighted by molar-refractivity contribution is 5.27. The van der Waals surface area contributed by atoms with Crippen molar-refractivity contribution in [3.63, 3.8) is 0 Å². The van der Waals surface area contributed by atoms with Crippen molar-refractivity contribution in [2.75, 3.05) is 13.7 Å². The number of hydrogen-bond acceptors (Lipinski definition) is 2. The van der Waals surface area contributed by atoms with E-state index in [1.54, 1.807) is 7.11 Å². The molecule has 0 fully saturated rings. The Morgan fingerprint density at radius 1 is 1.12 bits per heavy atom. The summed E-state index contributed by atoms with van der Waals surface area (Å²) < 4.78 is 5.14. The summed E-state index contributed by atoms with van der Waals surface area (Å²) in [6.07, 6.45) is 1.11. The van der Waals surface area contributed by atoms with Gasteiger partial charge in [-0.15, -0.1) is 0 Å². The molecule has 0 amide bonds. The van der Waals surface area contributed by atoms with Crippen molar-refractivity contribution in [3.8, 4) is 5.75 Å². The molecule has 0 aliphatic heterocycles. The SMILES string of the molecule is COc1ccc(CC(C)CNC(C)C)cc1. The largest absolute Gasteiger partial charge is 0.497 e. The number of ether oxygens (including phenoxy) is 1. The van der Waals surface area contributed by atoms with Crippen molar-refractivity contribution in [3.05, 3.63) is 29.8 Å². The van der Waals surface area contributed by atoms with Crippen LogP contribution in [0.15, 0.2) is 24.3 Å². The average Bonchev–Trinajstić information content (AvgIpc) is 2.27. The average molecular weight is 221 g/mol. The monoisotopic (exact) mass is 221 g/mol. The third kappa shape index (κ3) is 4.67. The zero-order chi connectivity index (χ0) is 12.0. The Bertz CT molecular complexity index is 292. The molecule has 0 saturated carbocycles. The zero-order valence-electron chi connectivity index (χ0n) is 10.8. The van der Waals surface area contributed by atoms with E-state index in [2.05, 4.69) is 38.2 Å². The minimum atomic E-state index is 0.568. The highest BCUT2D eigenvalue weighted by Gasteiger charge is 2.04. The highest BCUT2D eigenvalue weighted by Crippen LogP contribution is 2.14. The summed E-state index contributed by atoms with van der Waals surface area (Å²) in [5.74, 6) is 1.59. The third-order valence-corrected chi connectivity index (χ3v) is 2.62. The molecule has 1 atom stereocenters. The molecule has 1 unspecified atom stereocenters. The topological polar surface area (TPSA) is 21.3 Å². The minimum absolute atomic E-state index is 0.568. The molecule has 0 aromatic heterocycles. The van der Waals surface area contributed by atoms with E-state index < -0.39 is 0 Å². The van der Waals surface area contributed by atoms with Crippen LogP contribution in [0.25, 0.3) is 0 Å². The number of benzene rings is 1. The molecule has 0 aliphatic rings. The minimum Gasteiger partial charge on any atom is -0.497 e. The summed E-state index contributed by atoms with van der Waals surface area (Å²) in [5, 5.41) is 3.46. The quantitative estimate of drug-likeness (QED) is 0.797. The molecule has 0 saturated heterocycles. The molecule has 1 N–H and O–H groups in total. The molecule has 0 spiro atoms. The van der Waals surface area contributed by atoms with Crippen molar-refractivity contribution in [1.29, 1.82) is 0 Å². The van der Waals surface area contributed by atoms with Crippen molar-refractivity contribution in [2.45, 2.75) is 33.2 Å². The number of methoxy groups -OCH3 is 1. The Kier molecular flexibility index (Phi) is 5.33. The first kappa shape index (κ1) is 13.0. The van der Waals surface area contributed by atoms with Crippen LogP contribution in [0, 0.1) is 5.92 Å². The first-order valence-electron chi connectivity index (χ1n) is 5.98. The fourth-order valence-electron chi connectivity index (χ4n) is 1.67. The molecule has 1 aromatic carbocycles. The molecule has 16 heavy (non-hydrogen) atoms. The van der Waals surface area contributed by atoms with Crippen LogP contribution in [0.5, 0.6) is 5.75 Å². The smallest absolute Gasteiger partial charge is 0.118 e. The van der Waals surface area contributed by atoms with E-state index in [0.29, 0.717) is 12.0 Å². The van der Waals surface area contributed by atoms with Gasteiger partial charge in [-0.2, -0.15) is 0 Å². The van der Waals surface area contributed by atoms with Crippen LogP contribution in [0.4, 0.5) is 0 Å². The van der Waals surface area contributed by atoms with E-state index in [1.807, 2.05) is 12.1 Å². The van der Waals surface area contributed by atoms with Gasteiger partial charge in [0.15, 0.2) is 0 Å². The lowest BCUT2D eigenvalue weighted by atomic mass is 10.0. The van der Waals surface area contributed by atoms with Crippen LogP contribution in [-0.2, 0) is 6.42 Å². The van der Waals surface area contributed by atoms with Gasteiger partial charge in [-0.05, 0) is 36.6 Å². The first-order chi connectivity index (χ1) is 7.61. The van der Waals surface area contributed by atoms with Gasteiger partial charge < -0.3 is 10.1 Å². The Balaban J connectivity index is 2.40. The maximum atomic E-state index is 5.14. The molecule has 0 heterocycles. The third-order valence-electron chi connectivity index (χ3n) is 2.62. The lowest BCUT2D eigenvalue weighted by Gasteiger charge is -2.15. The van der Waals surface area contributed by atoms with E-state index in [-0.39, 0.29) is 0 Å². The van der Waals surface area contributed by atoms with Crippen LogP contribution in [0.3, 0.4) is 0 Å². The predicted octanol–water partition coefficient (Wildman–Crippen LogP) is 2.87. The number of nitrogens with one attached hydrogen (secondary N) is 1. The molecule has 0 radical (unpaired) electrons. The van der Waals surface area contributed by atoms with Crippen LogP contribution in [-0.4, -0.2) is 19.7 Å². The molecule has 1 aromatic rings. The maximum Gasteiger partial charge on any atom is 0.118 e. The van der Waals surface area contributed by atoms with Crippen LogP contribution in [0.1, 0.15) is 26.3 Å². The van der Waals surface area contributed by atoms with E-state index >= 15 is 0 Å². The molecular weight excluding hydrogens is 198 g/mol. The molecule has 2 heteroatoms. The van der Waals surface area contributed by atoms with Crippen molar-refractivity contribution in [2.24, 2.45) is 5.92 Å². The second kappa shape index (κ2) is 6.54. The summed E-state index contributed by atoms with van der Waals surface area (Å²) in [6, 6.07) is 8.91. The Hall–Kier alpha value is -1.02. The van der Waals surface area contributed by atoms with E-state index in [9.17, 15) is 0 Å². The second-order valence-corrected chi connectivity index (χ2v) is 4.72. The zero-order valence-corrected chi connectivity index (χ0v) is 10.8. The summed E-state index contributed by atoms with van der Waals surface area (Å²) >= 11 is 0. The van der Waals surface area contributed by atoms with Gasteiger partial charge >= 0.3 is 0 Å². The summed E-state index contributed by atoms with van der Waals surface area (Å²) in [6.45, 7) is 7.71. The standard InChI is InChI=1S/C14H23NO/c1-11(2)15-10-12(3)9-13-5-7-14(16-4)8-6-13/h5-8,11-12,15H,9-10H2,1-4H3. The number of hydrogen-bond donors (Lipinski definition) is 1. The van der Waals surface area contributed by atoms with E-state index in [4.69, 9.17) is 4.74 Å². The Morgan fingerprint density at radius 2 is 1.75 bits per heavy atom. The fourth-order valence-corrected chi connectivity index (χ4v) is 1.67. The first-order valence-corrected chi connectivity index (χ1v) is 5.98. The molecule has 1 rings (SSSR count). The fraction of sp³-hybridized carbons (Fsp3) is 0.571. The maximum absolute atomic E-state index is 5.14. The van der Waals surface area contributed by atoms with Gasteiger partial charge in [0.25, 0.3) is 0 Å². The van der Waals surface area contributed by atoms with Crippen LogP contribution >= 0.6 is 0 Å². The van der Waals surface area contributed by atoms with Gasteiger partial charge in [0.05, 0.1) is 7.11 Å². The molecule has 0 aliphatic carbocycles. The van der Waals surface area contributed by atoms with Crippen molar-refractivity contribution >= 4 is 0 Å². The summed E-state index contributed by atoms with van der Waals surface area (Å²) in [4.78, 5) is 0. The summed E-state index contributed by atoms with van der Waals surface area (Å²) in [5.41, 5.74) is 1.37. The van der Waals surface area contributed by atoms with Gasteiger partial charge in [-0.25, -0.2) is 0 Å². The molecule has 0 bridgehead atoms. The van der Waals surface area contributed by atoms with Crippen molar-refractivity contribution in [1.82, 2.24) is 5.32 Å². The Labute approximate surface area is 99.0 Å². The second-order valence-electron chi connectivity index (χ2n) is 4.72. The highest BCUT2D eigenvalue weighted by atomic mass is 16.5. The number of rotatable bonds is 6.